The number of fused-ring (bicyclic) bond motifs is 3. The van der Waals surface area contributed by atoms with Crippen molar-refractivity contribution in [3.63, 3.8) is 0 Å². The summed E-state index contributed by atoms with van der Waals surface area (Å²) in [6, 6.07) is 0. The number of aldehydes is 1. The molecule has 166 valence electrons. The molecule has 2 saturated carbocycles. The van der Waals surface area contributed by atoms with Gasteiger partial charge in [0.1, 0.15) is 6.29 Å². The van der Waals surface area contributed by atoms with Crippen molar-refractivity contribution >= 4 is 6.29 Å². The van der Waals surface area contributed by atoms with Gasteiger partial charge in [-0.25, -0.2) is 0 Å². The van der Waals surface area contributed by atoms with Gasteiger partial charge in [0, 0.05) is 0 Å². The highest BCUT2D eigenvalue weighted by atomic mass is 16.3. The summed E-state index contributed by atoms with van der Waals surface area (Å²) in [5.74, 6) is 3.62. The Balaban J connectivity index is 1.83. The third kappa shape index (κ3) is 4.68. The number of carbonyl (C=O) groups is 1. The van der Waals surface area contributed by atoms with Crippen LogP contribution in [0.15, 0.2) is 12.2 Å². The van der Waals surface area contributed by atoms with Gasteiger partial charge in [-0.2, -0.15) is 0 Å². The SMILES string of the molecule is CC(C)CCC[C@@H](C)[C@H]1CCC2C3C(CCC/C=C\[C@@](C)(O)[C@@H]3C=O)CC[C@@]21C. The zero-order valence-electron chi connectivity index (χ0n) is 19.7. The van der Waals surface area contributed by atoms with Crippen molar-refractivity contribution in [2.75, 3.05) is 0 Å². The van der Waals surface area contributed by atoms with Gasteiger partial charge in [0.15, 0.2) is 0 Å². The van der Waals surface area contributed by atoms with E-state index in [2.05, 4.69) is 33.8 Å². The van der Waals surface area contributed by atoms with E-state index in [1.165, 1.54) is 57.8 Å². The molecule has 0 aromatic carbocycles. The molecule has 0 bridgehead atoms. The fourth-order valence-electron chi connectivity index (χ4n) is 7.73. The molecule has 2 nitrogen and oxygen atoms in total. The predicted molar refractivity (Wildman–Crippen MR) is 122 cm³/mol. The minimum Gasteiger partial charge on any atom is -0.385 e. The summed E-state index contributed by atoms with van der Waals surface area (Å²) in [6.45, 7) is 11.6. The first-order chi connectivity index (χ1) is 13.7. The molecule has 1 N–H and O–H groups in total. The smallest absolute Gasteiger partial charge is 0.126 e. The minimum atomic E-state index is -1.01. The molecule has 3 rings (SSSR count). The highest BCUT2D eigenvalue weighted by Gasteiger charge is 2.57. The van der Waals surface area contributed by atoms with E-state index in [1.807, 2.05) is 13.0 Å². The number of carbonyl (C=O) groups excluding carboxylic acids is 1. The Kier molecular flexibility index (Phi) is 7.35. The van der Waals surface area contributed by atoms with Crippen molar-refractivity contribution < 1.29 is 9.90 Å². The summed E-state index contributed by atoms with van der Waals surface area (Å²) < 4.78 is 0. The Morgan fingerprint density at radius 2 is 1.86 bits per heavy atom. The molecule has 29 heavy (non-hydrogen) atoms. The molecule has 2 heteroatoms. The second kappa shape index (κ2) is 9.25. The molecule has 0 aromatic heterocycles. The van der Waals surface area contributed by atoms with Gasteiger partial charge < -0.3 is 9.90 Å². The van der Waals surface area contributed by atoms with Gasteiger partial charge in [-0.3, -0.25) is 0 Å². The molecular formula is C27H46O2. The Bertz CT molecular complexity index is 577. The normalized spacial score (nSPS) is 44.9. The van der Waals surface area contributed by atoms with E-state index in [9.17, 15) is 9.90 Å². The van der Waals surface area contributed by atoms with Gasteiger partial charge in [-0.15, -0.1) is 0 Å². The van der Waals surface area contributed by atoms with Crippen LogP contribution in [0.5, 0.6) is 0 Å². The third-order valence-corrected chi connectivity index (χ3v) is 9.31. The summed E-state index contributed by atoms with van der Waals surface area (Å²) in [5.41, 5.74) is -0.665. The fraction of sp³-hybridized carbons (Fsp3) is 0.889. The van der Waals surface area contributed by atoms with Gasteiger partial charge >= 0.3 is 0 Å². The molecule has 0 spiro atoms. The Hall–Kier alpha value is -0.630. The summed E-state index contributed by atoms with van der Waals surface area (Å²) in [7, 11) is 0. The van der Waals surface area contributed by atoms with Crippen molar-refractivity contribution in [2.45, 2.75) is 104 Å². The van der Waals surface area contributed by atoms with Crippen LogP contribution < -0.4 is 0 Å². The van der Waals surface area contributed by atoms with Gasteiger partial charge in [-0.1, -0.05) is 59.1 Å². The Morgan fingerprint density at radius 1 is 1.10 bits per heavy atom. The minimum absolute atomic E-state index is 0.263. The molecule has 0 aliphatic heterocycles. The highest BCUT2D eigenvalue weighted by Crippen LogP contribution is 2.63. The topological polar surface area (TPSA) is 37.3 Å². The summed E-state index contributed by atoms with van der Waals surface area (Å²) in [5, 5.41) is 11.2. The zero-order chi connectivity index (χ0) is 21.2. The molecule has 3 unspecified atom stereocenters. The third-order valence-electron chi connectivity index (χ3n) is 9.31. The first-order valence-corrected chi connectivity index (χ1v) is 12.6. The molecule has 3 aliphatic rings. The average molecular weight is 403 g/mol. The maximum Gasteiger partial charge on any atom is 0.126 e. The van der Waals surface area contributed by atoms with Gasteiger partial charge in [-0.05, 0) is 92.8 Å². The van der Waals surface area contributed by atoms with Crippen molar-refractivity contribution in [1.29, 1.82) is 0 Å². The molecular weight excluding hydrogens is 356 g/mol. The lowest BCUT2D eigenvalue weighted by Gasteiger charge is -2.53. The Morgan fingerprint density at radius 3 is 2.55 bits per heavy atom. The van der Waals surface area contributed by atoms with E-state index in [4.69, 9.17) is 0 Å². The molecule has 0 saturated heterocycles. The molecule has 0 heterocycles. The van der Waals surface area contributed by atoms with Crippen molar-refractivity contribution in [3.05, 3.63) is 12.2 Å². The lowest BCUT2D eigenvalue weighted by molar-refractivity contribution is -0.129. The lowest BCUT2D eigenvalue weighted by atomic mass is 9.52. The molecule has 0 amide bonds. The van der Waals surface area contributed by atoms with E-state index < -0.39 is 5.60 Å². The van der Waals surface area contributed by atoms with Crippen molar-refractivity contribution in [1.82, 2.24) is 0 Å². The average Bonchev–Trinajstić information content (AvgIpc) is 3.01. The quantitative estimate of drug-likeness (QED) is 0.391. The second-order valence-electron chi connectivity index (χ2n) is 11.7. The van der Waals surface area contributed by atoms with Crippen LogP contribution in [0, 0.1) is 46.8 Å². The largest absolute Gasteiger partial charge is 0.385 e. The monoisotopic (exact) mass is 402 g/mol. The molecule has 0 aromatic rings. The van der Waals surface area contributed by atoms with Gasteiger partial charge in [0.05, 0.1) is 11.5 Å². The maximum atomic E-state index is 12.3. The lowest BCUT2D eigenvalue weighted by Crippen LogP contribution is -2.50. The molecule has 8 atom stereocenters. The van der Waals surface area contributed by atoms with Crippen LogP contribution >= 0.6 is 0 Å². The van der Waals surface area contributed by atoms with E-state index in [0.29, 0.717) is 23.2 Å². The number of hydrogen-bond donors (Lipinski definition) is 1. The first-order valence-electron chi connectivity index (χ1n) is 12.6. The predicted octanol–water partition coefficient (Wildman–Crippen LogP) is 6.81. The van der Waals surface area contributed by atoms with E-state index >= 15 is 0 Å². The Labute approximate surface area is 179 Å². The van der Waals surface area contributed by atoms with Crippen molar-refractivity contribution in [3.8, 4) is 0 Å². The summed E-state index contributed by atoms with van der Waals surface area (Å²) >= 11 is 0. The van der Waals surface area contributed by atoms with Crippen LogP contribution in [0.4, 0.5) is 0 Å². The first kappa shape index (κ1) is 23.0. The van der Waals surface area contributed by atoms with E-state index in [0.717, 1.165) is 30.5 Å². The standard InChI is InChI=1S/C27H46O2/c1-19(2)10-9-11-20(3)22-13-14-23-25-21(15-17-26(22,23)4)12-7-6-8-16-27(5,29)24(25)18-28/h8,16,18-25,29H,6-7,9-15,17H2,1-5H3/b16-8-/t20-,21?,22-,23?,24-,25?,26-,27-/m1/s1. The zero-order valence-corrected chi connectivity index (χ0v) is 19.7. The number of hydrogen-bond acceptors (Lipinski definition) is 2. The van der Waals surface area contributed by atoms with Gasteiger partial charge in [0.25, 0.3) is 0 Å². The second-order valence-corrected chi connectivity index (χ2v) is 11.7. The molecule has 3 aliphatic carbocycles. The fourth-order valence-corrected chi connectivity index (χ4v) is 7.73. The summed E-state index contributed by atoms with van der Waals surface area (Å²) in [6.07, 6.45) is 17.8. The van der Waals surface area contributed by atoms with Crippen LogP contribution in [0.1, 0.15) is 98.8 Å². The van der Waals surface area contributed by atoms with E-state index in [-0.39, 0.29) is 5.92 Å². The highest BCUT2D eigenvalue weighted by molar-refractivity contribution is 5.57. The molecule has 2 fully saturated rings. The number of allylic oxidation sites excluding steroid dienone is 1. The van der Waals surface area contributed by atoms with Crippen LogP contribution in [-0.4, -0.2) is 17.0 Å². The van der Waals surface area contributed by atoms with Gasteiger partial charge in [0.2, 0.25) is 0 Å². The number of aliphatic hydroxyl groups is 1. The van der Waals surface area contributed by atoms with Crippen LogP contribution in [0.3, 0.4) is 0 Å². The van der Waals surface area contributed by atoms with Crippen molar-refractivity contribution in [2.24, 2.45) is 46.8 Å². The van der Waals surface area contributed by atoms with Crippen LogP contribution in [-0.2, 0) is 4.79 Å². The summed E-state index contributed by atoms with van der Waals surface area (Å²) in [4.78, 5) is 12.3. The number of rotatable bonds is 6. The maximum absolute atomic E-state index is 12.3. The van der Waals surface area contributed by atoms with E-state index in [1.54, 1.807) is 0 Å². The van der Waals surface area contributed by atoms with Crippen LogP contribution in [0.2, 0.25) is 0 Å². The van der Waals surface area contributed by atoms with Crippen LogP contribution in [0.25, 0.3) is 0 Å². The molecule has 0 radical (unpaired) electrons.